The minimum atomic E-state index is -0.408. The second-order valence-electron chi connectivity index (χ2n) is 7.03. The van der Waals surface area contributed by atoms with Gasteiger partial charge in [0, 0.05) is 42.2 Å². The van der Waals surface area contributed by atoms with Gasteiger partial charge in [-0.2, -0.15) is 0 Å². The highest BCUT2D eigenvalue weighted by Crippen LogP contribution is 2.33. The Morgan fingerprint density at radius 3 is 2.43 bits per heavy atom. The maximum absolute atomic E-state index is 13.2. The maximum Gasteiger partial charge on any atom is 0.296 e. The molecule has 0 unspecified atom stereocenters. The van der Waals surface area contributed by atoms with Crippen molar-refractivity contribution in [2.75, 3.05) is 38.2 Å². The Kier molecular flexibility index (Phi) is 5.46. The topological polar surface area (TPSA) is 75.9 Å². The number of benzene rings is 3. The van der Waals surface area contributed by atoms with E-state index in [0.717, 1.165) is 10.8 Å². The fraction of sp³-hybridized carbons (Fsp3) is 0.227. The Labute approximate surface area is 178 Å². The van der Waals surface area contributed by atoms with Crippen molar-refractivity contribution in [1.82, 2.24) is 4.90 Å². The number of hydrogen-bond donors (Lipinski definition) is 0. The van der Waals surface area contributed by atoms with Gasteiger partial charge < -0.3 is 14.5 Å². The molecule has 1 heterocycles. The van der Waals surface area contributed by atoms with Crippen LogP contribution in [-0.4, -0.2) is 49.0 Å². The summed E-state index contributed by atoms with van der Waals surface area (Å²) in [6, 6.07) is 15.9. The quantitative estimate of drug-likeness (QED) is 0.458. The van der Waals surface area contributed by atoms with Crippen molar-refractivity contribution in [1.29, 1.82) is 0 Å². The number of carbonyl (C=O) groups is 1. The van der Waals surface area contributed by atoms with Crippen LogP contribution in [0.15, 0.2) is 54.6 Å². The fourth-order valence-electron chi connectivity index (χ4n) is 3.82. The van der Waals surface area contributed by atoms with E-state index in [4.69, 9.17) is 16.3 Å². The third-order valence-corrected chi connectivity index (χ3v) is 5.72. The molecule has 0 N–H and O–H groups in total. The van der Waals surface area contributed by atoms with E-state index in [1.165, 1.54) is 13.2 Å². The van der Waals surface area contributed by atoms with Crippen LogP contribution < -0.4 is 9.64 Å². The van der Waals surface area contributed by atoms with Crippen molar-refractivity contribution < 1.29 is 14.5 Å². The lowest BCUT2D eigenvalue weighted by Gasteiger charge is -2.36. The lowest BCUT2D eigenvalue weighted by atomic mass is 10.0. The van der Waals surface area contributed by atoms with E-state index in [1.54, 1.807) is 23.1 Å². The van der Waals surface area contributed by atoms with E-state index < -0.39 is 4.92 Å². The van der Waals surface area contributed by atoms with Crippen molar-refractivity contribution in [3.63, 3.8) is 0 Å². The van der Waals surface area contributed by atoms with E-state index in [9.17, 15) is 14.9 Å². The van der Waals surface area contributed by atoms with Gasteiger partial charge in [0.05, 0.1) is 18.1 Å². The molecule has 154 valence electrons. The normalized spacial score (nSPS) is 14.1. The maximum atomic E-state index is 13.2. The van der Waals surface area contributed by atoms with Gasteiger partial charge in [-0.25, -0.2) is 0 Å². The van der Waals surface area contributed by atoms with Crippen molar-refractivity contribution in [2.24, 2.45) is 0 Å². The van der Waals surface area contributed by atoms with Crippen molar-refractivity contribution in [3.05, 3.63) is 75.3 Å². The summed E-state index contributed by atoms with van der Waals surface area (Å²) in [6.07, 6.45) is 0. The summed E-state index contributed by atoms with van der Waals surface area (Å²) < 4.78 is 5.10. The molecule has 0 saturated carbocycles. The zero-order valence-electron chi connectivity index (χ0n) is 16.4. The average molecular weight is 426 g/mol. The first kappa shape index (κ1) is 20.0. The molecule has 0 bridgehead atoms. The first-order chi connectivity index (χ1) is 14.5. The Hall–Kier alpha value is -3.32. The molecule has 30 heavy (non-hydrogen) atoms. The zero-order valence-corrected chi connectivity index (χ0v) is 17.1. The Bertz CT molecular complexity index is 1130. The SMILES string of the molecule is COc1ccc(N2CCN(C(=O)c3cccc4c(Cl)cccc34)CC2)c([N+](=O)[O-])c1. The molecule has 1 aliphatic heterocycles. The van der Waals surface area contributed by atoms with Crippen LogP contribution in [0, 0.1) is 10.1 Å². The molecule has 0 aromatic heterocycles. The highest BCUT2D eigenvalue weighted by molar-refractivity contribution is 6.36. The molecule has 0 spiro atoms. The summed E-state index contributed by atoms with van der Waals surface area (Å²) in [7, 11) is 1.48. The largest absolute Gasteiger partial charge is 0.496 e. The molecule has 4 rings (SSSR count). The lowest BCUT2D eigenvalue weighted by molar-refractivity contribution is -0.384. The van der Waals surface area contributed by atoms with Crippen molar-refractivity contribution >= 4 is 39.7 Å². The van der Waals surface area contributed by atoms with E-state index in [1.807, 2.05) is 35.2 Å². The second kappa shape index (κ2) is 8.20. The molecule has 7 nitrogen and oxygen atoms in total. The van der Waals surface area contributed by atoms with Crippen molar-refractivity contribution in [3.8, 4) is 5.75 Å². The van der Waals surface area contributed by atoms with Crippen molar-refractivity contribution in [2.45, 2.75) is 0 Å². The predicted octanol–water partition coefficient (Wildman–Crippen LogP) is 4.37. The summed E-state index contributed by atoms with van der Waals surface area (Å²) in [5.41, 5.74) is 1.14. The number of hydrogen-bond acceptors (Lipinski definition) is 5. The minimum absolute atomic E-state index is 0.00202. The number of nitro groups is 1. The van der Waals surface area contributed by atoms with Gasteiger partial charge in [-0.15, -0.1) is 0 Å². The van der Waals surface area contributed by atoms with Crippen LogP contribution in [0.3, 0.4) is 0 Å². The summed E-state index contributed by atoms with van der Waals surface area (Å²) >= 11 is 6.27. The van der Waals surface area contributed by atoms with Crippen LogP contribution in [0.4, 0.5) is 11.4 Å². The lowest BCUT2D eigenvalue weighted by Crippen LogP contribution is -2.49. The number of carbonyl (C=O) groups excluding carboxylic acids is 1. The Morgan fingerprint density at radius 2 is 1.73 bits per heavy atom. The summed E-state index contributed by atoms with van der Waals surface area (Å²) in [4.78, 5) is 28.0. The molecule has 0 atom stereocenters. The summed E-state index contributed by atoms with van der Waals surface area (Å²) in [6.45, 7) is 1.95. The molecule has 0 aliphatic carbocycles. The number of amides is 1. The van der Waals surface area contributed by atoms with Crippen LogP contribution in [0.5, 0.6) is 5.75 Å². The molecule has 1 aliphatic rings. The van der Waals surface area contributed by atoms with E-state index in [0.29, 0.717) is 48.2 Å². The van der Waals surface area contributed by atoms with Crippen LogP contribution >= 0.6 is 11.6 Å². The number of anilines is 1. The molecule has 3 aromatic rings. The third-order valence-electron chi connectivity index (χ3n) is 5.39. The third kappa shape index (κ3) is 3.64. The molecule has 1 amide bonds. The van der Waals surface area contributed by atoms with Gasteiger partial charge in [0.25, 0.3) is 11.6 Å². The number of nitro benzene ring substituents is 1. The van der Waals surface area contributed by atoms with Gasteiger partial charge >= 0.3 is 0 Å². The summed E-state index contributed by atoms with van der Waals surface area (Å²) in [5.74, 6) is 0.376. The van der Waals surface area contributed by atoms with Gasteiger partial charge in [-0.3, -0.25) is 14.9 Å². The Balaban J connectivity index is 1.54. The molecule has 1 saturated heterocycles. The zero-order chi connectivity index (χ0) is 21.3. The predicted molar refractivity (Wildman–Crippen MR) is 117 cm³/mol. The molecule has 1 fully saturated rings. The van der Waals surface area contributed by atoms with Gasteiger partial charge in [0.1, 0.15) is 11.4 Å². The molecule has 3 aromatic carbocycles. The molecular weight excluding hydrogens is 406 g/mol. The first-order valence-corrected chi connectivity index (χ1v) is 9.91. The standard InChI is InChI=1S/C22H20ClN3O4/c1-30-15-8-9-20(21(14-15)26(28)29)24-10-12-25(13-11-24)22(27)18-6-2-5-17-16(18)4-3-7-19(17)23/h2-9,14H,10-13H2,1H3. The average Bonchev–Trinajstić information content (AvgIpc) is 2.78. The van der Waals surface area contributed by atoms with Crippen LogP contribution in [0.1, 0.15) is 10.4 Å². The molecular formula is C22H20ClN3O4. The number of fused-ring (bicyclic) bond motifs is 1. The van der Waals surface area contributed by atoms with Crippen LogP contribution in [0.2, 0.25) is 5.02 Å². The van der Waals surface area contributed by atoms with Gasteiger partial charge in [-0.05, 0) is 29.7 Å². The fourth-order valence-corrected chi connectivity index (χ4v) is 4.06. The number of methoxy groups -OCH3 is 1. The smallest absolute Gasteiger partial charge is 0.296 e. The van der Waals surface area contributed by atoms with Crippen LogP contribution in [-0.2, 0) is 0 Å². The Morgan fingerprint density at radius 1 is 1.03 bits per heavy atom. The second-order valence-corrected chi connectivity index (χ2v) is 7.44. The summed E-state index contributed by atoms with van der Waals surface area (Å²) in [5, 5.41) is 13.8. The monoisotopic (exact) mass is 425 g/mol. The number of ether oxygens (including phenoxy) is 1. The highest BCUT2D eigenvalue weighted by Gasteiger charge is 2.27. The van der Waals surface area contributed by atoms with Gasteiger partial charge in [-0.1, -0.05) is 35.9 Å². The number of rotatable bonds is 4. The van der Waals surface area contributed by atoms with Gasteiger partial charge in [0.15, 0.2) is 0 Å². The number of halogens is 1. The van der Waals surface area contributed by atoms with E-state index >= 15 is 0 Å². The number of nitrogens with zero attached hydrogens (tertiary/aromatic N) is 3. The highest BCUT2D eigenvalue weighted by atomic mass is 35.5. The number of piperazine rings is 1. The van der Waals surface area contributed by atoms with E-state index in [2.05, 4.69) is 0 Å². The minimum Gasteiger partial charge on any atom is -0.496 e. The van der Waals surface area contributed by atoms with Crippen LogP contribution in [0.25, 0.3) is 10.8 Å². The molecule has 8 heteroatoms. The van der Waals surface area contributed by atoms with Gasteiger partial charge in [0.2, 0.25) is 0 Å². The molecule has 0 radical (unpaired) electrons. The van der Waals surface area contributed by atoms with E-state index in [-0.39, 0.29) is 11.6 Å². The first-order valence-electron chi connectivity index (χ1n) is 9.53.